The van der Waals surface area contributed by atoms with Crippen LogP contribution in [0.25, 0.3) is 0 Å². The van der Waals surface area contributed by atoms with E-state index in [1.165, 1.54) is 17.7 Å². The molecule has 3 heteroatoms. The topological polar surface area (TPSA) is 12.0 Å². The number of halogens is 2. The summed E-state index contributed by atoms with van der Waals surface area (Å²) in [6.07, 6.45) is 2.41. The second-order valence-corrected chi connectivity index (χ2v) is 5.32. The summed E-state index contributed by atoms with van der Waals surface area (Å²) in [5, 5.41) is 3.36. The van der Waals surface area contributed by atoms with Gasteiger partial charge in [0.2, 0.25) is 0 Å². The zero-order valence-corrected chi connectivity index (χ0v) is 11.5. The zero-order chi connectivity index (χ0) is 14.1. The van der Waals surface area contributed by atoms with Gasteiger partial charge in [0.1, 0.15) is 11.6 Å². The lowest BCUT2D eigenvalue weighted by Gasteiger charge is -2.21. The fourth-order valence-electron chi connectivity index (χ4n) is 2.80. The van der Waals surface area contributed by atoms with Crippen molar-refractivity contribution in [1.29, 1.82) is 0 Å². The maximum absolute atomic E-state index is 14.1. The summed E-state index contributed by atoms with van der Waals surface area (Å²) in [4.78, 5) is 0. The summed E-state index contributed by atoms with van der Waals surface area (Å²) in [5.41, 5.74) is 3.90. The SMILES string of the molecule is Cc1ccc(F)c(Cc2cccc3c2NCCC3)c1F. The molecule has 0 saturated carbocycles. The van der Waals surface area contributed by atoms with Gasteiger partial charge in [0.25, 0.3) is 0 Å². The van der Waals surface area contributed by atoms with Crippen molar-refractivity contribution < 1.29 is 8.78 Å². The molecule has 1 aliphatic heterocycles. The molecule has 1 nitrogen and oxygen atoms in total. The minimum atomic E-state index is -0.471. The first-order valence-corrected chi connectivity index (χ1v) is 6.95. The van der Waals surface area contributed by atoms with Crippen molar-refractivity contribution in [2.24, 2.45) is 0 Å². The molecule has 0 aliphatic carbocycles. The van der Waals surface area contributed by atoms with E-state index in [1.54, 1.807) is 6.92 Å². The van der Waals surface area contributed by atoms with Gasteiger partial charge < -0.3 is 5.32 Å². The van der Waals surface area contributed by atoms with E-state index in [9.17, 15) is 8.78 Å². The van der Waals surface area contributed by atoms with Crippen LogP contribution in [0.15, 0.2) is 30.3 Å². The Balaban J connectivity index is 2.02. The van der Waals surface area contributed by atoms with Gasteiger partial charge in [-0.2, -0.15) is 0 Å². The highest BCUT2D eigenvalue weighted by molar-refractivity contribution is 5.60. The molecule has 1 heterocycles. The van der Waals surface area contributed by atoms with Crippen molar-refractivity contribution in [1.82, 2.24) is 0 Å². The third-order valence-electron chi connectivity index (χ3n) is 3.91. The Kier molecular flexibility index (Phi) is 3.43. The van der Waals surface area contributed by atoms with Gasteiger partial charge in [-0.1, -0.05) is 24.3 Å². The highest BCUT2D eigenvalue weighted by Crippen LogP contribution is 2.29. The maximum Gasteiger partial charge on any atom is 0.132 e. The number of rotatable bonds is 2. The molecule has 0 atom stereocenters. The van der Waals surface area contributed by atoms with E-state index in [0.717, 1.165) is 30.6 Å². The van der Waals surface area contributed by atoms with Crippen LogP contribution in [0, 0.1) is 18.6 Å². The van der Waals surface area contributed by atoms with Crippen molar-refractivity contribution in [2.45, 2.75) is 26.2 Å². The first-order valence-electron chi connectivity index (χ1n) is 6.95. The fourth-order valence-corrected chi connectivity index (χ4v) is 2.80. The molecule has 0 aromatic heterocycles. The molecule has 0 fully saturated rings. The van der Waals surface area contributed by atoms with Crippen LogP contribution in [0.3, 0.4) is 0 Å². The Morgan fingerprint density at radius 1 is 1.15 bits per heavy atom. The third-order valence-corrected chi connectivity index (χ3v) is 3.91. The van der Waals surface area contributed by atoms with Crippen molar-refractivity contribution in [3.63, 3.8) is 0 Å². The molecule has 1 N–H and O–H groups in total. The minimum Gasteiger partial charge on any atom is -0.385 e. The number of para-hydroxylation sites is 1. The lowest BCUT2D eigenvalue weighted by Crippen LogP contribution is -2.14. The second-order valence-electron chi connectivity index (χ2n) is 5.32. The highest BCUT2D eigenvalue weighted by atomic mass is 19.1. The van der Waals surface area contributed by atoms with Gasteiger partial charge in [-0.3, -0.25) is 0 Å². The Hall–Kier alpha value is -1.90. The van der Waals surface area contributed by atoms with Gasteiger partial charge in [-0.05, 0) is 42.5 Å². The molecule has 0 spiro atoms. The van der Waals surface area contributed by atoms with Crippen LogP contribution in [0.1, 0.15) is 28.7 Å². The molecule has 20 heavy (non-hydrogen) atoms. The number of fused-ring (bicyclic) bond motifs is 1. The Morgan fingerprint density at radius 3 is 2.85 bits per heavy atom. The number of hydrogen-bond donors (Lipinski definition) is 1. The van der Waals surface area contributed by atoms with Crippen LogP contribution >= 0.6 is 0 Å². The fraction of sp³-hybridized carbons (Fsp3) is 0.294. The summed E-state index contributed by atoms with van der Waals surface area (Å²) < 4.78 is 28.0. The van der Waals surface area contributed by atoms with Crippen LogP contribution in [0.5, 0.6) is 0 Å². The van der Waals surface area contributed by atoms with Crippen LogP contribution < -0.4 is 5.32 Å². The zero-order valence-electron chi connectivity index (χ0n) is 11.5. The smallest absolute Gasteiger partial charge is 0.132 e. The Morgan fingerprint density at radius 2 is 2.00 bits per heavy atom. The quantitative estimate of drug-likeness (QED) is 0.863. The molecular formula is C17H17F2N. The average Bonchev–Trinajstić information content (AvgIpc) is 2.48. The summed E-state index contributed by atoms with van der Waals surface area (Å²) >= 11 is 0. The first-order chi connectivity index (χ1) is 9.66. The van der Waals surface area contributed by atoms with E-state index in [4.69, 9.17) is 0 Å². The number of nitrogens with one attached hydrogen (secondary N) is 1. The van der Waals surface area contributed by atoms with Gasteiger partial charge in [0.05, 0.1) is 0 Å². The molecular weight excluding hydrogens is 256 g/mol. The van der Waals surface area contributed by atoms with E-state index >= 15 is 0 Å². The highest BCUT2D eigenvalue weighted by Gasteiger charge is 2.17. The van der Waals surface area contributed by atoms with Crippen molar-refractivity contribution in [3.05, 3.63) is 64.2 Å². The first kappa shape index (κ1) is 13.1. The summed E-state index contributed by atoms with van der Waals surface area (Å²) in [6.45, 7) is 2.58. The van der Waals surface area contributed by atoms with Gasteiger partial charge in [0, 0.05) is 24.2 Å². The van der Waals surface area contributed by atoms with Gasteiger partial charge in [-0.15, -0.1) is 0 Å². The molecule has 2 aromatic rings. The van der Waals surface area contributed by atoms with Crippen molar-refractivity contribution >= 4 is 5.69 Å². The normalized spacial score (nSPS) is 13.8. The third kappa shape index (κ3) is 2.28. The average molecular weight is 273 g/mol. The van der Waals surface area contributed by atoms with E-state index < -0.39 is 11.6 Å². The monoisotopic (exact) mass is 273 g/mol. The minimum absolute atomic E-state index is 0.158. The van der Waals surface area contributed by atoms with Gasteiger partial charge >= 0.3 is 0 Å². The molecule has 104 valence electrons. The van der Waals surface area contributed by atoms with Gasteiger partial charge in [0.15, 0.2) is 0 Å². The number of aryl methyl sites for hydroxylation is 2. The maximum atomic E-state index is 14.1. The van der Waals surface area contributed by atoms with E-state index in [0.29, 0.717) is 5.56 Å². The Bertz CT molecular complexity index is 650. The molecule has 0 amide bonds. The predicted molar refractivity (Wildman–Crippen MR) is 77.2 cm³/mol. The largest absolute Gasteiger partial charge is 0.385 e. The lowest BCUT2D eigenvalue weighted by atomic mass is 9.94. The van der Waals surface area contributed by atoms with Crippen molar-refractivity contribution in [3.8, 4) is 0 Å². The molecule has 1 aliphatic rings. The van der Waals surface area contributed by atoms with Crippen LogP contribution in [-0.4, -0.2) is 6.54 Å². The Labute approximate surface area is 117 Å². The lowest BCUT2D eigenvalue weighted by molar-refractivity contribution is 0.555. The summed E-state index contributed by atoms with van der Waals surface area (Å²) in [6, 6.07) is 8.81. The van der Waals surface area contributed by atoms with E-state index in [2.05, 4.69) is 11.4 Å². The number of hydrogen-bond acceptors (Lipinski definition) is 1. The summed E-state index contributed by atoms with van der Waals surface area (Å²) in [7, 11) is 0. The second kappa shape index (κ2) is 5.23. The van der Waals surface area contributed by atoms with E-state index in [1.807, 2.05) is 12.1 Å². The number of anilines is 1. The number of benzene rings is 2. The van der Waals surface area contributed by atoms with E-state index in [-0.39, 0.29) is 12.0 Å². The summed E-state index contributed by atoms with van der Waals surface area (Å²) in [5.74, 6) is -0.903. The van der Waals surface area contributed by atoms with Crippen molar-refractivity contribution in [2.75, 3.05) is 11.9 Å². The molecule has 2 aromatic carbocycles. The molecule has 0 radical (unpaired) electrons. The predicted octanol–water partition coefficient (Wildman–Crippen LogP) is 4.22. The molecule has 0 unspecified atom stereocenters. The van der Waals surface area contributed by atoms with Crippen LogP contribution in [-0.2, 0) is 12.8 Å². The van der Waals surface area contributed by atoms with Gasteiger partial charge in [-0.25, -0.2) is 8.78 Å². The van der Waals surface area contributed by atoms with Crippen LogP contribution in [0.4, 0.5) is 14.5 Å². The molecule has 0 bridgehead atoms. The molecule has 0 saturated heterocycles. The van der Waals surface area contributed by atoms with Crippen LogP contribution in [0.2, 0.25) is 0 Å². The molecule has 3 rings (SSSR count). The standard InChI is InChI=1S/C17H17F2N/c1-11-7-8-15(18)14(16(11)19)10-13-5-2-4-12-6-3-9-20-17(12)13/h2,4-5,7-8,20H,3,6,9-10H2,1H3.